The lowest BCUT2D eigenvalue weighted by molar-refractivity contribution is -0.302. The van der Waals surface area contributed by atoms with Gasteiger partial charge in [-0.25, -0.2) is 0 Å². The average molecular weight is 684 g/mol. The maximum Gasteiger partial charge on any atom is 0.220 e. The molecule has 282 valence electrons. The fraction of sp³-hybridized carbons (Fsp3) is 0.872. The largest absolute Gasteiger partial charge is 0.394 e. The molecule has 0 aromatic carbocycles. The number of nitrogens with one attached hydrogen (secondary N) is 1. The fourth-order valence-corrected chi connectivity index (χ4v) is 6.03. The molecule has 48 heavy (non-hydrogen) atoms. The summed E-state index contributed by atoms with van der Waals surface area (Å²) in [5.41, 5.74) is 0. The quantitative estimate of drug-likeness (QED) is 0.0346. The van der Waals surface area contributed by atoms with Gasteiger partial charge >= 0.3 is 0 Å². The van der Waals surface area contributed by atoms with Crippen LogP contribution in [0.5, 0.6) is 0 Å². The van der Waals surface area contributed by atoms with Gasteiger partial charge in [0.05, 0.1) is 25.4 Å². The van der Waals surface area contributed by atoms with Crippen LogP contribution in [0.4, 0.5) is 0 Å². The Labute approximate surface area is 292 Å². The first-order valence-corrected chi connectivity index (χ1v) is 19.6. The fourth-order valence-electron chi connectivity index (χ4n) is 6.03. The zero-order valence-corrected chi connectivity index (χ0v) is 30.5. The second-order valence-electron chi connectivity index (χ2n) is 13.7. The second-order valence-corrected chi connectivity index (χ2v) is 13.7. The molecule has 7 atom stereocenters. The van der Waals surface area contributed by atoms with Gasteiger partial charge in [0, 0.05) is 6.42 Å². The highest BCUT2D eigenvalue weighted by Gasteiger charge is 2.44. The van der Waals surface area contributed by atoms with E-state index in [4.69, 9.17) is 9.47 Å². The number of hydrogen-bond acceptors (Lipinski definition) is 8. The third-order valence-electron chi connectivity index (χ3n) is 9.27. The van der Waals surface area contributed by atoms with E-state index < -0.39 is 49.5 Å². The lowest BCUT2D eigenvalue weighted by Gasteiger charge is -2.40. The van der Waals surface area contributed by atoms with Crippen LogP contribution in [-0.4, -0.2) is 87.5 Å². The van der Waals surface area contributed by atoms with Gasteiger partial charge < -0.3 is 40.3 Å². The van der Waals surface area contributed by atoms with Crippen molar-refractivity contribution in [1.29, 1.82) is 0 Å². The van der Waals surface area contributed by atoms with Crippen LogP contribution in [0.25, 0.3) is 0 Å². The Bertz CT molecular complexity index is 807. The maximum absolute atomic E-state index is 12.8. The number of rotatable bonds is 31. The van der Waals surface area contributed by atoms with Gasteiger partial charge in [0.2, 0.25) is 5.91 Å². The zero-order chi connectivity index (χ0) is 35.2. The maximum atomic E-state index is 12.8. The molecule has 0 bridgehead atoms. The number of carbonyl (C=O) groups excluding carboxylic acids is 1. The smallest absolute Gasteiger partial charge is 0.220 e. The van der Waals surface area contributed by atoms with Crippen LogP contribution in [0.3, 0.4) is 0 Å². The Kier molecular flexibility index (Phi) is 28.4. The van der Waals surface area contributed by atoms with Gasteiger partial charge in [0.25, 0.3) is 0 Å². The van der Waals surface area contributed by atoms with Crippen LogP contribution in [0.1, 0.15) is 162 Å². The highest BCUT2D eigenvalue weighted by atomic mass is 16.7. The van der Waals surface area contributed by atoms with Crippen molar-refractivity contribution in [3.8, 4) is 0 Å². The molecule has 0 aliphatic carbocycles. The van der Waals surface area contributed by atoms with Crippen molar-refractivity contribution in [1.82, 2.24) is 5.32 Å². The molecule has 1 rings (SSSR count). The average Bonchev–Trinajstić information content (AvgIpc) is 3.08. The minimum Gasteiger partial charge on any atom is -0.394 e. The summed E-state index contributed by atoms with van der Waals surface area (Å²) in [7, 11) is 0. The summed E-state index contributed by atoms with van der Waals surface area (Å²) in [5, 5.41) is 53.8. The molecule has 1 fully saturated rings. The molecule has 1 aliphatic rings. The highest BCUT2D eigenvalue weighted by Crippen LogP contribution is 2.22. The minimum absolute atomic E-state index is 0.189. The van der Waals surface area contributed by atoms with E-state index in [1.807, 2.05) is 6.08 Å². The van der Waals surface area contributed by atoms with Crippen LogP contribution >= 0.6 is 0 Å². The van der Waals surface area contributed by atoms with Gasteiger partial charge in [-0.1, -0.05) is 134 Å². The van der Waals surface area contributed by atoms with Crippen molar-refractivity contribution in [3.63, 3.8) is 0 Å². The molecule has 1 heterocycles. The third-order valence-corrected chi connectivity index (χ3v) is 9.27. The molecule has 1 amide bonds. The SMILES string of the molecule is CCCCCCCC/C=C\CCCCCCCC(=O)NC(COC1OC(CO)C(O)C(O)C1O)C(O)/C=C/CCCCCCCCCC. The van der Waals surface area contributed by atoms with E-state index in [1.165, 1.54) is 83.5 Å². The van der Waals surface area contributed by atoms with Gasteiger partial charge in [-0.15, -0.1) is 0 Å². The second kappa shape index (κ2) is 30.5. The number of carbonyl (C=O) groups is 1. The van der Waals surface area contributed by atoms with Crippen LogP contribution in [0, 0.1) is 0 Å². The third kappa shape index (κ3) is 21.7. The predicted octanol–water partition coefficient (Wildman–Crippen LogP) is 6.77. The van der Waals surface area contributed by atoms with Crippen LogP contribution in [0.15, 0.2) is 24.3 Å². The van der Waals surface area contributed by atoms with Crippen LogP contribution in [0.2, 0.25) is 0 Å². The normalized spacial score (nSPS) is 22.9. The topological polar surface area (TPSA) is 149 Å². The molecular formula is C39H73NO8. The number of aliphatic hydroxyl groups excluding tert-OH is 5. The standard InChI is InChI=1S/C39H73NO8/c1-3-5-7-9-11-13-15-16-17-18-19-21-23-25-27-29-35(43)40-32(31-47-39-38(46)37(45)36(44)34(30-41)48-39)33(42)28-26-24-22-20-14-12-10-8-6-4-2/h16-17,26,28,32-34,36-39,41-42,44-46H,3-15,18-25,27,29-31H2,1-2H3,(H,40,43)/b17-16-,28-26+. The molecule has 7 unspecified atom stereocenters. The predicted molar refractivity (Wildman–Crippen MR) is 193 cm³/mol. The molecule has 9 nitrogen and oxygen atoms in total. The van der Waals surface area contributed by atoms with Crippen molar-refractivity contribution >= 4 is 5.91 Å². The summed E-state index contributed by atoms with van der Waals surface area (Å²) in [6, 6.07) is -0.803. The molecule has 0 aromatic heterocycles. The van der Waals surface area contributed by atoms with Gasteiger partial charge in [0.1, 0.15) is 24.4 Å². The first-order valence-electron chi connectivity index (χ1n) is 19.6. The summed E-state index contributed by atoms with van der Waals surface area (Å²) in [4.78, 5) is 12.8. The summed E-state index contributed by atoms with van der Waals surface area (Å²) >= 11 is 0. The van der Waals surface area contributed by atoms with Gasteiger partial charge in [-0.3, -0.25) is 4.79 Å². The Morgan fingerprint density at radius 1 is 0.688 bits per heavy atom. The van der Waals surface area contributed by atoms with Crippen molar-refractivity contribution in [2.24, 2.45) is 0 Å². The summed E-state index contributed by atoms with van der Waals surface area (Å²) in [5.74, 6) is -0.189. The van der Waals surface area contributed by atoms with E-state index in [0.29, 0.717) is 6.42 Å². The molecular weight excluding hydrogens is 610 g/mol. The zero-order valence-electron chi connectivity index (χ0n) is 30.5. The Balaban J connectivity index is 2.44. The Morgan fingerprint density at radius 2 is 1.17 bits per heavy atom. The molecule has 1 aliphatic heterocycles. The molecule has 0 spiro atoms. The summed E-state index contributed by atoms with van der Waals surface area (Å²) in [6.45, 7) is 3.71. The van der Waals surface area contributed by atoms with E-state index in [9.17, 15) is 30.3 Å². The van der Waals surface area contributed by atoms with E-state index in [-0.39, 0.29) is 12.5 Å². The monoisotopic (exact) mass is 684 g/mol. The van der Waals surface area contributed by atoms with Crippen molar-refractivity contribution in [3.05, 3.63) is 24.3 Å². The lowest BCUT2D eigenvalue weighted by atomic mass is 9.99. The number of allylic oxidation sites excluding steroid dienone is 3. The van der Waals surface area contributed by atoms with Crippen molar-refractivity contribution < 1.29 is 39.8 Å². The minimum atomic E-state index is -1.56. The van der Waals surface area contributed by atoms with Gasteiger partial charge in [-0.05, 0) is 44.9 Å². The molecule has 0 aromatic rings. The van der Waals surface area contributed by atoms with Gasteiger partial charge in [0.15, 0.2) is 6.29 Å². The summed E-state index contributed by atoms with van der Waals surface area (Å²) in [6.07, 6.45) is 26.5. The molecule has 9 heteroatoms. The van der Waals surface area contributed by atoms with E-state index >= 15 is 0 Å². The van der Waals surface area contributed by atoms with Gasteiger partial charge in [-0.2, -0.15) is 0 Å². The first kappa shape index (κ1) is 44.7. The van der Waals surface area contributed by atoms with Crippen LogP contribution in [-0.2, 0) is 14.3 Å². The number of hydrogen-bond donors (Lipinski definition) is 6. The molecule has 1 saturated heterocycles. The van der Waals surface area contributed by atoms with E-state index in [1.54, 1.807) is 6.08 Å². The van der Waals surface area contributed by atoms with Crippen LogP contribution < -0.4 is 5.32 Å². The number of aliphatic hydroxyl groups is 5. The first-order chi connectivity index (χ1) is 23.3. The summed E-state index contributed by atoms with van der Waals surface area (Å²) < 4.78 is 11.1. The van der Waals surface area contributed by atoms with Crippen molar-refractivity contribution in [2.75, 3.05) is 13.2 Å². The highest BCUT2D eigenvalue weighted by molar-refractivity contribution is 5.76. The Morgan fingerprint density at radius 3 is 1.69 bits per heavy atom. The molecule has 6 N–H and O–H groups in total. The van der Waals surface area contributed by atoms with E-state index in [0.717, 1.165) is 57.8 Å². The molecule has 0 radical (unpaired) electrons. The Hall–Kier alpha value is -1.33. The number of amides is 1. The number of unbranched alkanes of at least 4 members (excludes halogenated alkanes) is 19. The van der Waals surface area contributed by atoms with Crippen molar-refractivity contribution in [2.45, 2.75) is 204 Å². The molecule has 0 saturated carbocycles. The number of ether oxygens (including phenoxy) is 2. The lowest BCUT2D eigenvalue weighted by Crippen LogP contribution is -2.60. The van der Waals surface area contributed by atoms with E-state index in [2.05, 4.69) is 31.3 Å².